The lowest BCUT2D eigenvalue weighted by Gasteiger charge is -2.42. The lowest BCUT2D eigenvalue weighted by Crippen LogP contribution is -2.63. The fourth-order valence-corrected chi connectivity index (χ4v) is 6.31. The number of hydrogen-bond donors (Lipinski definition) is 2. The Kier molecular flexibility index (Phi) is 8.87. The summed E-state index contributed by atoms with van der Waals surface area (Å²) < 4.78 is 41.9. The van der Waals surface area contributed by atoms with Crippen molar-refractivity contribution in [3.8, 4) is 0 Å². The third kappa shape index (κ3) is 6.49. The number of aliphatic carboxylic acids is 1. The van der Waals surface area contributed by atoms with Gasteiger partial charge in [0.25, 0.3) is 11.8 Å². The van der Waals surface area contributed by atoms with Crippen molar-refractivity contribution in [2.24, 2.45) is 0 Å². The molecule has 0 bridgehead atoms. The van der Waals surface area contributed by atoms with E-state index in [0.29, 0.717) is 10.6 Å². The molecular weight excluding hydrogens is 561 g/mol. The first-order valence-electron chi connectivity index (χ1n) is 12.4. The summed E-state index contributed by atoms with van der Waals surface area (Å²) in [7, 11) is -4.38. The zero-order valence-corrected chi connectivity index (χ0v) is 23.0. The second-order valence-corrected chi connectivity index (χ2v) is 11.7. The van der Waals surface area contributed by atoms with Gasteiger partial charge in [-0.15, -0.1) is 0 Å². The Balaban J connectivity index is 1.76. The van der Waals surface area contributed by atoms with Gasteiger partial charge in [-0.1, -0.05) is 41.4 Å². The number of carbonyl (C=O) groups excluding carboxylic acids is 2. The molecule has 1 aliphatic rings. The Morgan fingerprint density at radius 1 is 1.05 bits per heavy atom. The molecule has 3 aromatic carbocycles. The summed E-state index contributed by atoms with van der Waals surface area (Å²) in [6.07, 6.45) is -1.90. The number of halogens is 2. The molecule has 2 unspecified atom stereocenters. The monoisotopic (exact) mass is 587 g/mol. The summed E-state index contributed by atoms with van der Waals surface area (Å²) in [4.78, 5) is 40.1. The lowest BCUT2D eigenvalue weighted by atomic mass is 10.0. The quantitative estimate of drug-likeness (QED) is 0.411. The van der Waals surface area contributed by atoms with Crippen LogP contribution in [0.3, 0.4) is 0 Å². The summed E-state index contributed by atoms with van der Waals surface area (Å²) in [5.41, 5.74) is 1.53. The number of carboxylic acids is 1. The Labute approximate surface area is 236 Å². The molecule has 210 valence electrons. The number of nitrogens with zero attached hydrogens (tertiary/aromatic N) is 2. The van der Waals surface area contributed by atoms with Crippen molar-refractivity contribution >= 4 is 39.4 Å². The Morgan fingerprint density at radius 2 is 1.73 bits per heavy atom. The fourth-order valence-electron chi connectivity index (χ4n) is 4.59. The van der Waals surface area contributed by atoms with E-state index in [2.05, 4.69) is 5.32 Å². The van der Waals surface area contributed by atoms with Crippen molar-refractivity contribution in [3.05, 3.63) is 100 Å². The Morgan fingerprint density at radius 3 is 2.35 bits per heavy atom. The molecule has 0 radical (unpaired) electrons. The molecule has 4 rings (SSSR count). The molecule has 0 aliphatic carbocycles. The molecule has 0 saturated carbocycles. The van der Waals surface area contributed by atoms with E-state index in [1.54, 1.807) is 18.2 Å². The molecule has 1 aliphatic heterocycles. The van der Waals surface area contributed by atoms with Crippen molar-refractivity contribution in [2.45, 2.75) is 36.9 Å². The van der Waals surface area contributed by atoms with Crippen molar-refractivity contribution in [2.75, 3.05) is 13.1 Å². The maximum absolute atomic E-state index is 13.9. The Bertz CT molecular complexity index is 1520. The molecule has 1 heterocycles. The molecule has 0 spiro atoms. The van der Waals surface area contributed by atoms with Crippen molar-refractivity contribution in [1.82, 2.24) is 14.5 Å². The van der Waals surface area contributed by atoms with Crippen LogP contribution < -0.4 is 5.32 Å². The highest BCUT2D eigenvalue weighted by atomic mass is 35.5. The highest BCUT2D eigenvalue weighted by Gasteiger charge is 2.45. The number of nitrogens with one attached hydrogen (secondary N) is 1. The first-order valence-corrected chi connectivity index (χ1v) is 14.2. The first kappa shape index (κ1) is 29.2. The van der Waals surface area contributed by atoms with Crippen LogP contribution in [0.4, 0.5) is 4.39 Å². The van der Waals surface area contributed by atoms with Gasteiger partial charge in [0.2, 0.25) is 10.0 Å². The van der Waals surface area contributed by atoms with E-state index < -0.39 is 52.3 Å². The average molecular weight is 588 g/mol. The third-order valence-electron chi connectivity index (χ3n) is 6.49. The number of hydrogen-bond acceptors (Lipinski definition) is 5. The van der Waals surface area contributed by atoms with Gasteiger partial charge in [0.1, 0.15) is 5.82 Å². The third-order valence-corrected chi connectivity index (χ3v) is 8.61. The van der Waals surface area contributed by atoms with E-state index >= 15 is 0 Å². The predicted molar refractivity (Wildman–Crippen MR) is 146 cm³/mol. The van der Waals surface area contributed by atoms with Gasteiger partial charge in [0.05, 0.1) is 17.4 Å². The van der Waals surface area contributed by atoms with Gasteiger partial charge in [-0.3, -0.25) is 14.4 Å². The highest BCUT2D eigenvalue weighted by molar-refractivity contribution is 7.89. The molecule has 1 saturated heterocycles. The molecule has 0 aromatic heterocycles. The van der Waals surface area contributed by atoms with E-state index in [4.69, 9.17) is 11.6 Å². The summed E-state index contributed by atoms with van der Waals surface area (Å²) in [6, 6.07) is 16.0. The first-order chi connectivity index (χ1) is 19.0. The zero-order valence-electron chi connectivity index (χ0n) is 21.5. The molecule has 9 nitrogen and oxygen atoms in total. The summed E-state index contributed by atoms with van der Waals surface area (Å²) >= 11 is 5.96. The standard InChI is InChI=1S/C28H27ClFN3O6S/c1-18-4-2-5-20(16-18)24(17-25(34)35)31-26(36)27-32(28(37)19-6-8-21(29)9-7-19)14-3-15-33(27)40(38,39)23-12-10-22(30)11-13-23/h2,4-13,16,24,27H,3,14-15,17H2,1H3,(H,31,36)(H,34,35). The number of carbonyl (C=O) groups is 3. The molecule has 2 amide bonds. The van der Waals surface area contributed by atoms with E-state index in [9.17, 15) is 32.3 Å². The maximum atomic E-state index is 13.9. The van der Waals surface area contributed by atoms with Crippen molar-refractivity contribution < 1.29 is 32.3 Å². The molecule has 3 aromatic rings. The van der Waals surface area contributed by atoms with Gasteiger partial charge >= 0.3 is 5.97 Å². The minimum absolute atomic E-state index is 0.0586. The highest BCUT2D eigenvalue weighted by Crippen LogP contribution is 2.28. The summed E-state index contributed by atoms with van der Waals surface area (Å²) in [5.74, 6) is -3.30. The Hall–Kier alpha value is -3.80. The van der Waals surface area contributed by atoms with Crippen LogP contribution in [0.5, 0.6) is 0 Å². The van der Waals surface area contributed by atoms with Crippen LogP contribution in [0.25, 0.3) is 0 Å². The molecule has 2 N–H and O–H groups in total. The molecule has 12 heteroatoms. The van der Waals surface area contributed by atoms with Gasteiger partial charge in [0.15, 0.2) is 6.17 Å². The second-order valence-electron chi connectivity index (χ2n) is 9.38. The molecule has 1 fully saturated rings. The van der Waals surface area contributed by atoms with Crippen LogP contribution in [0.1, 0.15) is 40.4 Å². The topological polar surface area (TPSA) is 124 Å². The van der Waals surface area contributed by atoms with Crippen molar-refractivity contribution in [3.63, 3.8) is 0 Å². The lowest BCUT2D eigenvalue weighted by molar-refractivity contribution is -0.138. The van der Waals surface area contributed by atoms with Gasteiger partial charge in [-0.2, -0.15) is 4.31 Å². The fraction of sp³-hybridized carbons (Fsp3) is 0.250. The van der Waals surface area contributed by atoms with Gasteiger partial charge in [-0.25, -0.2) is 12.8 Å². The second kappa shape index (κ2) is 12.2. The van der Waals surface area contributed by atoms with E-state index in [0.717, 1.165) is 39.0 Å². The minimum Gasteiger partial charge on any atom is -0.481 e. The molecular formula is C28H27ClFN3O6S. The molecule has 2 atom stereocenters. The number of sulfonamides is 1. The largest absolute Gasteiger partial charge is 0.481 e. The van der Waals surface area contributed by atoms with Crippen LogP contribution in [-0.4, -0.2) is 59.8 Å². The van der Waals surface area contributed by atoms with Crippen LogP contribution in [0.2, 0.25) is 5.02 Å². The number of benzene rings is 3. The number of amides is 2. The summed E-state index contributed by atoms with van der Waals surface area (Å²) in [6.45, 7) is 1.77. The number of aryl methyl sites for hydroxylation is 1. The van der Waals surface area contributed by atoms with E-state index in [1.165, 1.54) is 24.3 Å². The van der Waals surface area contributed by atoms with E-state index in [-0.39, 0.29) is 30.0 Å². The van der Waals surface area contributed by atoms with Crippen LogP contribution in [-0.2, 0) is 19.6 Å². The normalized spacial score (nSPS) is 16.8. The van der Waals surface area contributed by atoms with Crippen LogP contribution >= 0.6 is 11.6 Å². The average Bonchev–Trinajstić information content (AvgIpc) is 2.92. The minimum atomic E-state index is -4.38. The van der Waals surface area contributed by atoms with Crippen LogP contribution in [0, 0.1) is 12.7 Å². The van der Waals surface area contributed by atoms with Crippen molar-refractivity contribution in [1.29, 1.82) is 0 Å². The number of carboxylic acid groups (broad SMARTS) is 1. The van der Waals surface area contributed by atoms with Gasteiger partial charge in [-0.05, 0) is 67.4 Å². The smallest absolute Gasteiger partial charge is 0.305 e. The zero-order chi connectivity index (χ0) is 29.0. The predicted octanol–water partition coefficient (Wildman–Crippen LogP) is 3.98. The summed E-state index contributed by atoms with van der Waals surface area (Å²) in [5, 5.41) is 12.6. The van der Waals surface area contributed by atoms with Gasteiger partial charge < -0.3 is 15.3 Å². The number of rotatable bonds is 8. The van der Waals surface area contributed by atoms with Crippen LogP contribution in [0.15, 0.2) is 77.7 Å². The molecule has 40 heavy (non-hydrogen) atoms. The van der Waals surface area contributed by atoms with E-state index in [1.807, 2.05) is 13.0 Å². The maximum Gasteiger partial charge on any atom is 0.305 e. The van der Waals surface area contributed by atoms with Gasteiger partial charge in [0, 0.05) is 23.7 Å². The SMILES string of the molecule is Cc1cccc(C(CC(=O)O)NC(=O)C2N(C(=O)c3ccc(Cl)cc3)CCCN2S(=O)(=O)c2ccc(F)cc2)c1.